The number of ether oxygens (including phenoxy) is 1. The highest BCUT2D eigenvalue weighted by atomic mass is 79.9. The fraction of sp³-hybridized carbons (Fsp3) is 0.278. The quantitative estimate of drug-likeness (QED) is 0.542. The molecule has 0 aliphatic heterocycles. The van der Waals surface area contributed by atoms with Crippen molar-refractivity contribution >= 4 is 33.2 Å². The van der Waals surface area contributed by atoms with E-state index in [1.54, 1.807) is 6.92 Å². The van der Waals surface area contributed by atoms with Crippen molar-refractivity contribution in [3.63, 3.8) is 0 Å². The van der Waals surface area contributed by atoms with Crippen LogP contribution in [0.5, 0.6) is 5.75 Å². The number of hydrogen-bond donors (Lipinski definition) is 1. The number of halogens is 1. The van der Waals surface area contributed by atoms with Crippen molar-refractivity contribution in [3.05, 3.63) is 62.6 Å². The van der Waals surface area contributed by atoms with Gasteiger partial charge in [-0.1, -0.05) is 34.1 Å². The molecule has 0 fully saturated rings. The van der Waals surface area contributed by atoms with Gasteiger partial charge in [-0.25, -0.2) is 0 Å². The van der Waals surface area contributed by atoms with Crippen molar-refractivity contribution in [1.82, 2.24) is 4.90 Å². The van der Waals surface area contributed by atoms with Crippen LogP contribution in [0.1, 0.15) is 12.5 Å². The molecule has 0 aromatic heterocycles. The largest absolute Gasteiger partial charge is 0.495 e. The molecule has 0 radical (unpaired) electrons. The van der Waals surface area contributed by atoms with Crippen LogP contribution < -0.4 is 10.1 Å². The van der Waals surface area contributed by atoms with Crippen LogP contribution >= 0.6 is 15.9 Å². The summed E-state index contributed by atoms with van der Waals surface area (Å²) in [5.41, 5.74) is 1.21. The number of non-ortho nitro benzene ring substituents is 1. The molecule has 0 spiro atoms. The predicted octanol–water partition coefficient (Wildman–Crippen LogP) is 3.82. The van der Waals surface area contributed by atoms with Gasteiger partial charge in [-0.3, -0.25) is 19.8 Å². The Morgan fingerprint density at radius 3 is 2.65 bits per heavy atom. The number of hydrogen-bond acceptors (Lipinski definition) is 5. The van der Waals surface area contributed by atoms with Gasteiger partial charge in [0.1, 0.15) is 5.75 Å². The first-order chi connectivity index (χ1) is 12.3. The van der Waals surface area contributed by atoms with Crippen LogP contribution in [0.15, 0.2) is 46.9 Å². The van der Waals surface area contributed by atoms with Crippen LogP contribution in [-0.4, -0.2) is 35.9 Å². The number of nitrogens with one attached hydrogen (secondary N) is 1. The Bertz CT molecular complexity index is 813. The molecular weight excluding hydrogens is 402 g/mol. The number of carbonyl (C=O) groups is 1. The average molecular weight is 422 g/mol. The van der Waals surface area contributed by atoms with Crippen LogP contribution in [0.4, 0.5) is 11.4 Å². The Kier molecular flexibility index (Phi) is 6.70. The molecule has 0 aliphatic carbocycles. The first-order valence-corrected chi connectivity index (χ1v) is 8.69. The zero-order chi connectivity index (χ0) is 19.3. The molecule has 1 unspecified atom stereocenters. The highest BCUT2D eigenvalue weighted by Gasteiger charge is 2.21. The molecule has 7 nitrogen and oxygen atoms in total. The number of nitro groups is 1. The van der Waals surface area contributed by atoms with E-state index in [1.165, 1.54) is 25.3 Å². The third kappa shape index (κ3) is 4.80. The van der Waals surface area contributed by atoms with Crippen LogP contribution in [0.25, 0.3) is 0 Å². The van der Waals surface area contributed by atoms with Gasteiger partial charge in [0.25, 0.3) is 5.69 Å². The van der Waals surface area contributed by atoms with Crippen molar-refractivity contribution < 1.29 is 14.5 Å². The van der Waals surface area contributed by atoms with Crippen molar-refractivity contribution in [3.8, 4) is 5.75 Å². The third-order valence-electron chi connectivity index (χ3n) is 4.07. The third-order valence-corrected chi connectivity index (χ3v) is 4.84. The first kappa shape index (κ1) is 19.9. The minimum Gasteiger partial charge on any atom is -0.495 e. The summed E-state index contributed by atoms with van der Waals surface area (Å²) in [6.07, 6.45) is 0. The highest BCUT2D eigenvalue weighted by Crippen LogP contribution is 2.29. The van der Waals surface area contributed by atoms with Gasteiger partial charge in [0, 0.05) is 23.2 Å². The smallest absolute Gasteiger partial charge is 0.271 e. The van der Waals surface area contributed by atoms with Gasteiger partial charge in [-0.15, -0.1) is 0 Å². The minimum atomic E-state index is -0.516. The number of nitrogens with zero attached hydrogens (tertiary/aromatic N) is 2. The van der Waals surface area contributed by atoms with E-state index >= 15 is 0 Å². The van der Waals surface area contributed by atoms with E-state index in [2.05, 4.69) is 21.2 Å². The summed E-state index contributed by atoms with van der Waals surface area (Å²) in [5, 5.41) is 13.7. The van der Waals surface area contributed by atoms with Crippen molar-refractivity contribution in [2.75, 3.05) is 19.5 Å². The van der Waals surface area contributed by atoms with E-state index in [-0.39, 0.29) is 17.3 Å². The Labute approximate surface area is 160 Å². The fourth-order valence-corrected chi connectivity index (χ4v) is 2.79. The van der Waals surface area contributed by atoms with Gasteiger partial charge in [0.05, 0.1) is 23.8 Å². The maximum Gasteiger partial charge on any atom is 0.271 e. The van der Waals surface area contributed by atoms with Gasteiger partial charge >= 0.3 is 0 Å². The highest BCUT2D eigenvalue weighted by molar-refractivity contribution is 9.10. The second-order valence-electron chi connectivity index (χ2n) is 5.81. The maximum atomic E-state index is 12.6. The lowest BCUT2D eigenvalue weighted by Crippen LogP contribution is -2.39. The number of likely N-dealkylation sites (N-methyl/N-ethyl adjacent to an activating group) is 1. The topological polar surface area (TPSA) is 84.7 Å². The summed E-state index contributed by atoms with van der Waals surface area (Å²) < 4.78 is 6.15. The Balaban J connectivity index is 2.12. The lowest BCUT2D eigenvalue weighted by atomic mass is 10.2. The van der Waals surface area contributed by atoms with Crippen LogP contribution in [0.2, 0.25) is 0 Å². The SMILES string of the molecule is COc1ccc([N+](=O)[O-])cc1NC(=O)C(C)N(C)Cc1ccccc1Br. The first-order valence-electron chi connectivity index (χ1n) is 7.90. The number of methoxy groups -OCH3 is 1. The zero-order valence-electron chi connectivity index (χ0n) is 14.7. The zero-order valence-corrected chi connectivity index (χ0v) is 16.3. The molecule has 2 aromatic rings. The molecule has 26 heavy (non-hydrogen) atoms. The van der Waals surface area contributed by atoms with Gasteiger partial charge < -0.3 is 10.1 Å². The number of benzene rings is 2. The Hall–Kier alpha value is -2.45. The predicted molar refractivity (Wildman–Crippen MR) is 103 cm³/mol. The van der Waals surface area contributed by atoms with E-state index in [0.717, 1.165) is 10.0 Å². The molecule has 0 aliphatic rings. The number of anilines is 1. The molecule has 0 saturated carbocycles. The van der Waals surface area contributed by atoms with E-state index in [1.807, 2.05) is 36.2 Å². The van der Waals surface area contributed by atoms with Crippen molar-refractivity contribution in [1.29, 1.82) is 0 Å². The Morgan fingerprint density at radius 2 is 2.04 bits per heavy atom. The summed E-state index contributed by atoms with van der Waals surface area (Å²) in [6, 6.07) is 11.4. The van der Waals surface area contributed by atoms with E-state index < -0.39 is 11.0 Å². The van der Waals surface area contributed by atoms with Gasteiger partial charge in [0.15, 0.2) is 0 Å². The molecule has 0 heterocycles. The molecule has 1 amide bonds. The number of nitro benzene ring substituents is 1. The van der Waals surface area contributed by atoms with E-state index in [4.69, 9.17) is 4.74 Å². The second-order valence-corrected chi connectivity index (χ2v) is 6.67. The van der Waals surface area contributed by atoms with Gasteiger partial charge in [0.2, 0.25) is 5.91 Å². The van der Waals surface area contributed by atoms with Gasteiger partial charge in [-0.05, 0) is 31.7 Å². The van der Waals surface area contributed by atoms with Crippen molar-refractivity contribution in [2.24, 2.45) is 0 Å². The molecule has 138 valence electrons. The number of rotatable bonds is 7. The molecule has 2 aromatic carbocycles. The van der Waals surface area contributed by atoms with Crippen LogP contribution in [-0.2, 0) is 11.3 Å². The molecule has 0 bridgehead atoms. The standard InChI is InChI=1S/C18H20BrN3O4/c1-12(21(2)11-13-6-4-5-7-15(13)19)18(23)20-16-10-14(22(24)25)8-9-17(16)26-3/h4-10,12H,11H2,1-3H3,(H,20,23). The molecular formula is C18H20BrN3O4. The molecule has 2 rings (SSSR count). The average Bonchev–Trinajstić information content (AvgIpc) is 2.62. The summed E-state index contributed by atoms with van der Waals surface area (Å²) in [7, 11) is 3.29. The van der Waals surface area contributed by atoms with E-state index in [9.17, 15) is 14.9 Å². The van der Waals surface area contributed by atoms with Crippen LogP contribution in [0.3, 0.4) is 0 Å². The Morgan fingerprint density at radius 1 is 1.35 bits per heavy atom. The van der Waals surface area contributed by atoms with Gasteiger partial charge in [-0.2, -0.15) is 0 Å². The second kappa shape index (κ2) is 8.77. The molecule has 1 N–H and O–H groups in total. The lowest BCUT2D eigenvalue weighted by molar-refractivity contribution is -0.384. The molecule has 0 saturated heterocycles. The minimum absolute atomic E-state index is 0.115. The summed E-state index contributed by atoms with van der Waals surface area (Å²) in [6.45, 7) is 2.35. The van der Waals surface area contributed by atoms with Crippen molar-refractivity contribution in [2.45, 2.75) is 19.5 Å². The summed E-state index contributed by atoms with van der Waals surface area (Å²) in [5.74, 6) is 0.0861. The lowest BCUT2D eigenvalue weighted by Gasteiger charge is -2.24. The number of amides is 1. The fourth-order valence-electron chi connectivity index (χ4n) is 2.38. The monoisotopic (exact) mass is 421 g/mol. The normalized spacial score (nSPS) is 11.9. The van der Waals surface area contributed by atoms with E-state index in [0.29, 0.717) is 12.3 Å². The number of carbonyl (C=O) groups excluding carboxylic acids is 1. The summed E-state index contributed by atoms with van der Waals surface area (Å²) in [4.78, 5) is 24.9. The molecule has 1 atom stereocenters. The molecule has 8 heteroatoms. The maximum absolute atomic E-state index is 12.6. The van der Waals surface area contributed by atoms with Crippen LogP contribution in [0, 0.1) is 10.1 Å². The summed E-state index contributed by atoms with van der Waals surface area (Å²) >= 11 is 3.50.